The Morgan fingerprint density at radius 2 is 2.05 bits per heavy atom. The lowest BCUT2D eigenvalue weighted by atomic mass is 10.2. The molecule has 2 aromatic rings. The molecule has 19 heavy (non-hydrogen) atoms. The van der Waals surface area contributed by atoms with Crippen LogP contribution in [0.4, 0.5) is 0 Å². The van der Waals surface area contributed by atoms with Gasteiger partial charge in [-0.3, -0.25) is 4.98 Å². The average molecular weight is 260 g/mol. The van der Waals surface area contributed by atoms with Gasteiger partial charge in [0.05, 0.1) is 11.7 Å². The minimum atomic E-state index is 0.646. The lowest BCUT2D eigenvalue weighted by Crippen LogP contribution is -2.22. The smallest absolute Gasteiger partial charge is 0.138 e. The zero-order valence-corrected chi connectivity index (χ0v) is 11.3. The highest BCUT2D eigenvalue weighted by molar-refractivity contribution is 5.79. The second-order valence-electron chi connectivity index (χ2n) is 4.31. The van der Waals surface area contributed by atoms with Crippen LogP contribution in [0.25, 0.3) is 10.9 Å². The largest absolute Gasteiger partial charge is 0.491 e. The van der Waals surface area contributed by atoms with Gasteiger partial charge in [-0.05, 0) is 25.1 Å². The third-order valence-electron chi connectivity index (χ3n) is 2.81. The summed E-state index contributed by atoms with van der Waals surface area (Å²) in [6.07, 6.45) is 2.79. The van der Waals surface area contributed by atoms with Crippen molar-refractivity contribution in [1.29, 1.82) is 0 Å². The lowest BCUT2D eigenvalue weighted by molar-refractivity contribution is 0.193. The minimum Gasteiger partial charge on any atom is -0.491 e. The van der Waals surface area contributed by atoms with Gasteiger partial charge in [0.15, 0.2) is 0 Å². The molecule has 1 heterocycles. The molecule has 2 rings (SSSR count). The van der Waals surface area contributed by atoms with E-state index in [9.17, 15) is 0 Å². The fourth-order valence-electron chi connectivity index (χ4n) is 1.84. The molecule has 0 fully saturated rings. The van der Waals surface area contributed by atoms with E-state index in [1.807, 2.05) is 30.3 Å². The Labute approximate surface area is 113 Å². The van der Waals surface area contributed by atoms with E-state index in [2.05, 4.69) is 10.3 Å². The third-order valence-corrected chi connectivity index (χ3v) is 2.81. The summed E-state index contributed by atoms with van der Waals surface area (Å²) in [6.45, 7) is 3.22. The van der Waals surface area contributed by atoms with E-state index in [0.717, 1.165) is 42.8 Å². The molecule has 0 saturated heterocycles. The summed E-state index contributed by atoms with van der Waals surface area (Å²) in [5.41, 5.74) is 0.993. The van der Waals surface area contributed by atoms with Crippen LogP contribution in [0.15, 0.2) is 36.5 Å². The van der Waals surface area contributed by atoms with Crippen molar-refractivity contribution in [3.8, 4) is 5.75 Å². The maximum atomic E-state index is 5.66. The van der Waals surface area contributed by atoms with Crippen molar-refractivity contribution >= 4 is 10.9 Å². The quantitative estimate of drug-likeness (QED) is 0.739. The molecule has 4 heteroatoms. The summed E-state index contributed by atoms with van der Waals surface area (Å²) in [6, 6.07) is 10.0. The number of benzene rings is 1. The van der Waals surface area contributed by atoms with Crippen LogP contribution in [0.3, 0.4) is 0 Å². The zero-order chi connectivity index (χ0) is 13.3. The number of nitrogens with zero attached hydrogens (tertiary/aromatic N) is 1. The van der Waals surface area contributed by atoms with Gasteiger partial charge >= 0.3 is 0 Å². The van der Waals surface area contributed by atoms with Crippen molar-refractivity contribution in [2.45, 2.75) is 6.42 Å². The first-order valence-electron chi connectivity index (χ1n) is 6.57. The van der Waals surface area contributed by atoms with Crippen molar-refractivity contribution in [1.82, 2.24) is 10.3 Å². The molecule has 1 aromatic heterocycles. The van der Waals surface area contributed by atoms with Gasteiger partial charge in [0.1, 0.15) is 12.4 Å². The Hall–Kier alpha value is -1.65. The molecular formula is C15H20N2O2. The minimum absolute atomic E-state index is 0.646. The number of hydrogen-bond acceptors (Lipinski definition) is 4. The van der Waals surface area contributed by atoms with Crippen LogP contribution in [0.2, 0.25) is 0 Å². The summed E-state index contributed by atoms with van der Waals surface area (Å²) < 4.78 is 10.6. The predicted molar refractivity (Wildman–Crippen MR) is 76.6 cm³/mol. The van der Waals surface area contributed by atoms with Crippen LogP contribution in [-0.2, 0) is 4.74 Å². The van der Waals surface area contributed by atoms with Gasteiger partial charge < -0.3 is 14.8 Å². The molecule has 0 radical (unpaired) electrons. The molecule has 1 aromatic carbocycles. The maximum absolute atomic E-state index is 5.66. The van der Waals surface area contributed by atoms with Gasteiger partial charge in [0.25, 0.3) is 0 Å². The van der Waals surface area contributed by atoms with E-state index < -0.39 is 0 Å². The molecule has 0 aliphatic carbocycles. The van der Waals surface area contributed by atoms with Gasteiger partial charge in [-0.15, -0.1) is 0 Å². The first kappa shape index (κ1) is 13.8. The second kappa shape index (κ2) is 7.71. The fourth-order valence-corrected chi connectivity index (χ4v) is 1.84. The Kier molecular flexibility index (Phi) is 5.59. The zero-order valence-electron chi connectivity index (χ0n) is 11.3. The van der Waals surface area contributed by atoms with Crippen molar-refractivity contribution in [2.75, 3.05) is 33.4 Å². The number of hydrogen-bond donors (Lipinski definition) is 1. The molecular weight excluding hydrogens is 240 g/mol. The maximum Gasteiger partial charge on any atom is 0.138 e. The van der Waals surface area contributed by atoms with E-state index in [4.69, 9.17) is 9.47 Å². The van der Waals surface area contributed by atoms with E-state index in [1.165, 1.54) is 0 Å². The van der Waals surface area contributed by atoms with Crippen molar-refractivity contribution < 1.29 is 9.47 Å². The van der Waals surface area contributed by atoms with Crippen LogP contribution >= 0.6 is 0 Å². The van der Waals surface area contributed by atoms with Crippen LogP contribution in [-0.4, -0.2) is 38.4 Å². The van der Waals surface area contributed by atoms with Crippen LogP contribution in [0, 0.1) is 0 Å². The first-order valence-corrected chi connectivity index (χ1v) is 6.57. The van der Waals surface area contributed by atoms with E-state index in [0.29, 0.717) is 6.61 Å². The molecule has 102 valence electrons. The highest BCUT2D eigenvalue weighted by Gasteiger charge is 1.97. The molecule has 0 atom stereocenters. The van der Waals surface area contributed by atoms with Gasteiger partial charge in [-0.1, -0.05) is 18.2 Å². The summed E-state index contributed by atoms with van der Waals surface area (Å²) in [7, 11) is 1.72. The van der Waals surface area contributed by atoms with Gasteiger partial charge in [-0.2, -0.15) is 0 Å². The number of para-hydroxylation sites is 1. The summed E-state index contributed by atoms with van der Waals surface area (Å²) in [5, 5.41) is 4.41. The van der Waals surface area contributed by atoms with E-state index in [-0.39, 0.29) is 0 Å². The molecule has 4 nitrogen and oxygen atoms in total. The fraction of sp³-hybridized carbons (Fsp3) is 0.400. The highest BCUT2D eigenvalue weighted by atomic mass is 16.5. The number of aromatic nitrogens is 1. The van der Waals surface area contributed by atoms with Gasteiger partial charge in [0.2, 0.25) is 0 Å². The monoisotopic (exact) mass is 260 g/mol. The average Bonchev–Trinajstić information content (AvgIpc) is 2.46. The number of nitrogens with one attached hydrogen (secondary N) is 1. The predicted octanol–water partition coefficient (Wildman–Crippen LogP) is 2.24. The Balaban J connectivity index is 1.72. The molecule has 0 aliphatic heterocycles. The molecule has 0 amide bonds. The third kappa shape index (κ3) is 4.50. The summed E-state index contributed by atoms with van der Waals surface area (Å²) >= 11 is 0. The normalized spacial score (nSPS) is 10.8. The molecule has 0 spiro atoms. The van der Waals surface area contributed by atoms with E-state index in [1.54, 1.807) is 13.3 Å². The number of fused-ring (bicyclic) bond motifs is 1. The summed E-state index contributed by atoms with van der Waals surface area (Å²) in [4.78, 5) is 4.36. The van der Waals surface area contributed by atoms with Crippen LogP contribution in [0.1, 0.15) is 6.42 Å². The molecule has 0 bridgehead atoms. The summed E-state index contributed by atoms with van der Waals surface area (Å²) in [5.74, 6) is 0.817. The Morgan fingerprint density at radius 3 is 2.95 bits per heavy atom. The molecule has 0 saturated carbocycles. The van der Waals surface area contributed by atoms with Gasteiger partial charge in [-0.25, -0.2) is 0 Å². The standard InChI is InChI=1S/C15H20N2O2/c1-18-9-4-7-16-8-10-19-14-11-13-5-2-3-6-15(13)17-12-14/h2-3,5-6,11-12,16H,4,7-10H2,1H3. The van der Waals surface area contributed by atoms with Crippen LogP contribution < -0.4 is 10.1 Å². The number of rotatable bonds is 8. The number of methoxy groups -OCH3 is 1. The molecule has 1 N–H and O–H groups in total. The first-order chi connectivity index (χ1) is 9.40. The topological polar surface area (TPSA) is 43.4 Å². The van der Waals surface area contributed by atoms with Crippen LogP contribution in [0.5, 0.6) is 5.75 Å². The molecule has 0 unspecified atom stereocenters. The second-order valence-corrected chi connectivity index (χ2v) is 4.31. The number of ether oxygens (including phenoxy) is 2. The molecule has 0 aliphatic rings. The van der Waals surface area contributed by atoms with Crippen molar-refractivity contribution in [3.05, 3.63) is 36.5 Å². The Bertz CT molecular complexity index is 502. The van der Waals surface area contributed by atoms with Crippen molar-refractivity contribution in [2.24, 2.45) is 0 Å². The van der Waals surface area contributed by atoms with E-state index >= 15 is 0 Å². The SMILES string of the molecule is COCCCNCCOc1cnc2ccccc2c1. The van der Waals surface area contributed by atoms with Crippen molar-refractivity contribution in [3.63, 3.8) is 0 Å². The van der Waals surface area contributed by atoms with Gasteiger partial charge in [0, 0.05) is 25.6 Å². The highest BCUT2D eigenvalue weighted by Crippen LogP contribution is 2.17. The lowest BCUT2D eigenvalue weighted by Gasteiger charge is -2.08. The number of pyridine rings is 1. The Morgan fingerprint density at radius 1 is 1.16 bits per heavy atom.